The second-order valence-corrected chi connectivity index (χ2v) is 11.7. The van der Waals surface area contributed by atoms with Crippen LogP contribution >= 0.6 is 7.67 Å². The van der Waals surface area contributed by atoms with E-state index in [1.54, 1.807) is 27.7 Å². The minimum absolute atomic E-state index is 0.508. The lowest BCUT2D eigenvalue weighted by molar-refractivity contribution is -0.182. The number of carbonyl (C=O) groups is 2. The monoisotopic (exact) mass is 576 g/mol. The Morgan fingerprint density at radius 3 is 2.38 bits per heavy atom. The van der Waals surface area contributed by atoms with Crippen LogP contribution in [0.15, 0.2) is 21.9 Å². The third-order valence-corrected chi connectivity index (χ3v) is 6.98. The Labute approximate surface area is 224 Å². The summed E-state index contributed by atoms with van der Waals surface area (Å²) in [5.74, 6) is -2.58. The number of aromatic amines is 1. The van der Waals surface area contributed by atoms with Crippen LogP contribution in [-0.2, 0) is 32.9 Å². The predicted octanol–water partition coefficient (Wildman–Crippen LogP) is 0.470. The fraction of sp³-hybridized carbons (Fsp3) is 0.652. The van der Waals surface area contributed by atoms with Crippen LogP contribution in [0.2, 0.25) is 0 Å². The highest BCUT2D eigenvalue weighted by atomic mass is 31.2. The summed E-state index contributed by atoms with van der Waals surface area (Å²) < 4.78 is 51.1. The van der Waals surface area contributed by atoms with Crippen LogP contribution < -0.4 is 21.4 Å². The summed E-state index contributed by atoms with van der Waals surface area (Å²) in [5, 5.41) is 15.4. The SMILES string of the molecule is C#CC(NP(=O)(NC(C)C(=O)OC(C)C)OCC1(F)CC(C)(O)C(n2ccc(=O)[nH]c2=O)O1)C(=O)OC(C)C. The highest BCUT2D eigenvalue weighted by Crippen LogP contribution is 2.48. The molecule has 1 aromatic rings. The van der Waals surface area contributed by atoms with Crippen LogP contribution in [0, 0.1) is 12.3 Å². The molecule has 0 aliphatic carbocycles. The third-order valence-electron chi connectivity index (χ3n) is 5.16. The molecule has 39 heavy (non-hydrogen) atoms. The van der Waals surface area contributed by atoms with Crippen molar-refractivity contribution >= 4 is 19.6 Å². The number of hydrogen-bond acceptors (Lipinski definition) is 10. The van der Waals surface area contributed by atoms with Crippen molar-refractivity contribution in [2.45, 2.75) is 89.9 Å². The van der Waals surface area contributed by atoms with E-state index < -0.39 is 85.9 Å². The highest BCUT2D eigenvalue weighted by molar-refractivity contribution is 7.54. The molecule has 0 bridgehead atoms. The molecule has 218 valence electrons. The van der Waals surface area contributed by atoms with Crippen molar-refractivity contribution in [3.8, 4) is 12.3 Å². The van der Waals surface area contributed by atoms with Gasteiger partial charge in [0.15, 0.2) is 12.3 Å². The Bertz CT molecular complexity index is 1260. The fourth-order valence-electron chi connectivity index (χ4n) is 3.61. The van der Waals surface area contributed by atoms with Gasteiger partial charge in [0.2, 0.25) is 5.85 Å². The zero-order chi connectivity index (χ0) is 29.8. The number of esters is 2. The van der Waals surface area contributed by atoms with Crippen molar-refractivity contribution in [3.63, 3.8) is 0 Å². The van der Waals surface area contributed by atoms with E-state index in [1.165, 1.54) is 13.8 Å². The number of nitrogens with zero attached hydrogens (tertiary/aromatic N) is 1. The molecule has 14 nitrogen and oxygen atoms in total. The quantitative estimate of drug-likeness (QED) is 0.153. The first kappa shape index (κ1) is 32.4. The van der Waals surface area contributed by atoms with E-state index in [1.807, 2.05) is 4.98 Å². The molecule has 0 saturated carbocycles. The summed E-state index contributed by atoms with van der Waals surface area (Å²) in [6, 6.07) is -1.93. The molecule has 2 heterocycles. The first-order chi connectivity index (χ1) is 17.9. The summed E-state index contributed by atoms with van der Waals surface area (Å²) in [5.41, 5.74) is -3.67. The van der Waals surface area contributed by atoms with Gasteiger partial charge in [-0.05, 0) is 41.5 Å². The second kappa shape index (κ2) is 12.5. The molecule has 6 atom stereocenters. The maximum Gasteiger partial charge on any atom is 0.343 e. The number of alkyl halides is 1. The molecule has 0 spiro atoms. The van der Waals surface area contributed by atoms with E-state index in [2.05, 4.69) is 16.1 Å². The topological polar surface area (TPSA) is 187 Å². The van der Waals surface area contributed by atoms with Gasteiger partial charge in [-0.15, -0.1) is 6.42 Å². The number of H-pyrrole nitrogens is 1. The molecule has 1 aliphatic rings. The molecule has 0 amide bonds. The number of rotatable bonds is 12. The lowest BCUT2D eigenvalue weighted by atomic mass is 9.99. The molecule has 1 aliphatic heterocycles. The van der Waals surface area contributed by atoms with Gasteiger partial charge in [0, 0.05) is 18.7 Å². The third kappa shape index (κ3) is 8.82. The van der Waals surface area contributed by atoms with Crippen LogP contribution in [0.1, 0.15) is 54.2 Å². The van der Waals surface area contributed by atoms with Gasteiger partial charge in [0.1, 0.15) is 18.2 Å². The van der Waals surface area contributed by atoms with Gasteiger partial charge in [-0.1, -0.05) is 5.92 Å². The van der Waals surface area contributed by atoms with Crippen molar-refractivity contribution in [2.24, 2.45) is 0 Å². The largest absolute Gasteiger partial charge is 0.462 e. The lowest BCUT2D eigenvalue weighted by Crippen LogP contribution is -2.44. The normalized spacial score (nSPS) is 26.0. The summed E-state index contributed by atoms with van der Waals surface area (Å²) >= 11 is 0. The van der Waals surface area contributed by atoms with Crippen molar-refractivity contribution in [1.82, 2.24) is 19.7 Å². The number of carbonyl (C=O) groups excluding carboxylic acids is 2. The van der Waals surface area contributed by atoms with E-state index >= 15 is 4.39 Å². The zero-order valence-corrected chi connectivity index (χ0v) is 23.3. The Morgan fingerprint density at radius 1 is 1.26 bits per heavy atom. The van der Waals surface area contributed by atoms with Crippen LogP contribution in [0.25, 0.3) is 0 Å². The van der Waals surface area contributed by atoms with Gasteiger partial charge in [-0.3, -0.25) is 23.7 Å². The Morgan fingerprint density at radius 2 is 1.85 bits per heavy atom. The van der Waals surface area contributed by atoms with E-state index in [4.69, 9.17) is 25.2 Å². The molecule has 0 radical (unpaired) electrons. The molecule has 1 fully saturated rings. The van der Waals surface area contributed by atoms with E-state index in [0.29, 0.717) is 0 Å². The molecule has 4 N–H and O–H groups in total. The van der Waals surface area contributed by atoms with E-state index in [-0.39, 0.29) is 0 Å². The summed E-state index contributed by atoms with van der Waals surface area (Å²) in [6.45, 7) is 7.67. The van der Waals surface area contributed by atoms with Crippen molar-refractivity contribution in [2.75, 3.05) is 6.61 Å². The number of terminal acetylenes is 1. The summed E-state index contributed by atoms with van der Waals surface area (Å²) in [6.07, 6.45) is 2.98. The van der Waals surface area contributed by atoms with E-state index in [0.717, 1.165) is 16.8 Å². The number of nitrogens with one attached hydrogen (secondary N) is 3. The number of ether oxygens (including phenoxy) is 3. The standard InChI is InChI=1S/C23H34FN4O10P/c1-8-16(19(31)37-14(4)5)27-39(34,26-15(6)18(30)36-13(2)3)35-12-23(24)11-22(7,33)20(38-23)28-10-9-17(29)25-21(28)32/h1,9-10,13-16,20,33H,11-12H2,2-7H3,(H,25,29,32)(H2,26,27,34). The fourth-order valence-corrected chi connectivity index (χ4v) is 5.35. The maximum atomic E-state index is 15.8. The number of hydrogen-bond donors (Lipinski definition) is 4. The molecule has 16 heteroatoms. The molecule has 0 aromatic carbocycles. The number of halogens is 1. The number of aliphatic hydroxyl groups is 1. The molecule has 1 aromatic heterocycles. The minimum Gasteiger partial charge on any atom is -0.462 e. The highest BCUT2D eigenvalue weighted by Gasteiger charge is 2.56. The van der Waals surface area contributed by atoms with Crippen LogP contribution in [0.5, 0.6) is 0 Å². The molecule has 1 saturated heterocycles. The number of aromatic nitrogens is 2. The molecular weight excluding hydrogens is 542 g/mol. The first-order valence-corrected chi connectivity index (χ1v) is 13.6. The predicted molar refractivity (Wildman–Crippen MR) is 135 cm³/mol. The van der Waals surface area contributed by atoms with Gasteiger partial charge in [-0.2, -0.15) is 0 Å². The summed E-state index contributed by atoms with van der Waals surface area (Å²) in [7, 11) is -4.55. The van der Waals surface area contributed by atoms with Gasteiger partial charge < -0.3 is 23.8 Å². The van der Waals surface area contributed by atoms with Crippen molar-refractivity contribution in [1.29, 1.82) is 0 Å². The Hall–Kier alpha value is -2.86. The second-order valence-electron chi connectivity index (χ2n) is 9.78. The maximum absolute atomic E-state index is 15.8. The first-order valence-electron chi connectivity index (χ1n) is 12.0. The van der Waals surface area contributed by atoms with Crippen LogP contribution in [-0.4, -0.2) is 69.0 Å². The van der Waals surface area contributed by atoms with Crippen molar-refractivity contribution < 1.29 is 42.4 Å². The van der Waals surface area contributed by atoms with Crippen LogP contribution in [0.4, 0.5) is 4.39 Å². The average molecular weight is 577 g/mol. The average Bonchev–Trinajstić information content (AvgIpc) is 3.04. The van der Waals surface area contributed by atoms with Gasteiger partial charge in [0.25, 0.3) is 5.56 Å². The van der Waals surface area contributed by atoms with Crippen LogP contribution in [0.3, 0.4) is 0 Å². The Kier molecular flexibility index (Phi) is 10.4. The molecule has 2 rings (SSSR count). The van der Waals surface area contributed by atoms with Gasteiger partial charge >= 0.3 is 25.3 Å². The van der Waals surface area contributed by atoms with Gasteiger partial charge in [-0.25, -0.2) is 24.2 Å². The van der Waals surface area contributed by atoms with E-state index in [9.17, 15) is 28.8 Å². The molecular formula is C23H34FN4O10P. The summed E-state index contributed by atoms with van der Waals surface area (Å²) in [4.78, 5) is 50.2. The van der Waals surface area contributed by atoms with Crippen molar-refractivity contribution in [3.05, 3.63) is 33.1 Å². The van der Waals surface area contributed by atoms with Gasteiger partial charge in [0.05, 0.1) is 12.2 Å². The Balaban J connectivity index is 2.31. The molecule has 6 unspecified atom stereocenters. The lowest BCUT2D eigenvalue weighted by Gasteiger charge is -2.28. The minimum atomic E-state index is -4.55. The zero-order valence-electron chi connectivity index (χ0n) is 22.4. The smallest absolute Gasteiger partial charge is 0.343 e.